The lowest BCUT2D eigenvalue weighted by molar-refractivity contribution is -0.0428. The fraction of sp³-hybridized carbons (Fsp3) is 0.400. The third kappa shape index (κ3) is 4.22. The van der Waals surface area contributed by atoms with E-state index in [-0.39, 0.29) is 5.60 Å². The number of hydrogen-bond donors (Lipinski definition) is 0. The number of fused-ring (bicyclic) bond motifs is 1. The van der Waals surface area contributed by atoms with Crippen LogP contribution in [-0.2, 0) is 17.8 Å². The smallest absolute Gasteiger partial charge is 0.160 e. The van der Waals surface area contributed by atoms with Crippen LogP contribution in [0.15, 0.2) is 41.4 Å². The molecule has 2 aromatic rings. The molecule has 4 nitrogen and oxygen atoms in total. The van der Waals surface area contributed by atoms with Crippen LogP contribution < -0.4 is 4.74 Å². The summed E-state index contributed by atoms with van der Waals surface area (Å²) < 4.78 is 11.3. The van der Waals surface area contributed by atoms with Gasteiger partial charge >= 0.3 is 0 Å². The molecule has 25 heavy (non-hydrogen) atoms. The summed E-state index contributed by atoms with van der Waals surface area (Å²) in [6.45, 7) is 10.8. The van der Waals surface area contributed by atoms with Crippen LogP contribution in [0.5, 0.6) is 5.75 Å². The molecule has 0 bridgehead atoms. The molecule has 0 unspecified atom stereocenters. The van der Waals surface area contributed by atoms with E-state index in [1.807, 2.05) is 31.2 Å². The highest BCUT2D eigenvalue weighted by atomic mass is 32.2. The molecule has 1 aliphatic heterocycles. The Kier molecular flexibility index (Phi) is 5.16. The van der Waals surface area contributed by atoms with Crippen molar-refractivity contribution >= 4 is 11.8 Å². The number of methoxy groups -OCH3 is 1. The van der Waals surface area contributed by atoms with Gasteiger partial charge in [-0.15, -0.1) is 11.8 Å². The van der Waals surface area contributed by atoms with Crippen LogP contribution in [-0.4, -0.2) is 28.4 Å². The minimum absolute atomic E-state index is 0.205. The largest absolute Gasteiger partial charge is 0.497 e. The van der Waals surface area contributed by atoms with Crippen molar-refractivity contribution in [2.75, 3.05) is 12.9 Å². The van der Waals surface area contributed by atoms with E-state index < -0.39 is 0 Å². The monoisotopic (exact) mass is 356 g/mol. The fourth-order valence-electron chi connectivity index (χ4n) is 2.72. The molecule has 0 saturated heterocycles. The summed E-state index contributed by atoms with van der Waals surface area (Å²) in [5.74, 6) is 2.38. The number of nitrogens with zero attached hydrogens (tertiary/aromatic N) is 2. The van der Waals surface area contributed by atoms with E-state index in [0.29, 0.717) is 6.61 Å². The number of benzene rings is 1. The Morgan fingerprint density at radius 1 is 1.36 bits per heavy atom. The molecule has 0 amide bonds. The molecule has 0 fully saturated rings. The predicted molar refractivity (Wildman–Crippen MR) is 102 cm³/mol. The number of thioether (sulfide) groups is 1. The maximum atomic E-state index is 5.99. The van der Waals surface area contributed by atoms with Crippen molar-refractivity contribution in [1.29, 1.82) is 0 Å². The first kappa shape index (κ1) is 18.0. The molecule has 132 valence electrons. The van der Waals surface area contributed by atoms with Crippen molar-refractivity contribution in [3.05, 3.63) is 47.7 Å². The summed E-state index contributed by atoms with van der Waals surface area (Å²) in [4.78, 5) is 9.69. The van der Waals surface area contributed by atoms with E-state index >= 15 is 0 Å². The number of ether oxygens (including phenoxy) is 2. The van der Waals surface area contributed by atoms with Gasteiger partial charge in [0, 0.05) is 23.3 Å². The molecule has 1 aromatic carbocycles. The number of aromatic nitrogens is 2. The van der Waals surface area contributed by atoms with Gasteiger partial charge in [-0.05, 0) is 32.9 Å². The highest BCUT2D eigenvalue weighted by Crippen LogP contribution is 2.34. The van der Waals surface area contributed by atoms with Crippen LogP contribution in [0.4, 0.5) is 0 Å². The SMILES string of the molecule is C=C(C)CSc1nc(-c2cccc(OC)c2)nc2c1COC(C)(C)C2. The Morgan fingerprint density at radius 2 is 2.16 bits per heavy atom. The van der Waals surface area contributed by atoms with Crippen molar-refractivity contribution in [3.8, 4) is 17.1 Å². The Bertz CT molecular complexity index is 802. The molecule has 0 atom stereocenters. The molecule has 1 aromatic heterocycles. The van der Waals surface area contributed by atoms with Gasteiger partial charge in [-0.3, -0.25) is 0 Å². The van der Waals surface area contributed by atoms with Gasteiger partial charge in [0.25, 0.3) is 0 Å². The molecule has 1 aliphatic rings. The minimum atomic E-state index is -0.205. The topological polar surface area (TPSA) is 44.2 Å². The van der Waals surface area contributed by atoms with E-state index in [0.717, 1.165) is 51.2 Å². The van der Waals surface area contributed by atoms with E-state index in [1.165, 1.54) is 0 Å². The number of rotatable bonds is 5. The Labute approximate surface area is 153 Å². The zero-order chi connectivity index (χ0) is 18.0. The highest BCUT2D eigenvalue weighted by molar-refractivity contribution is 7.99. The van der Waals surface area contributed by atoms with Crippen LogP contribution in [0.2, 0.25) is 0 Å². The molecule has 5 heteroatoms. The third-order valence-corrected chi connectivity index (χ3v) is 5.29. The second-order valence-electron chi connectivity index (χ2n) is 6.98. The van der Waals surface area contributed by atoms with Crippen molar-refractivity contribution < 1.29 is 9.47 Å². The molecule has 0 spiro atoms. The maximum Gasteiger partial charge on any atom is 0.160 e. The highest BCUT2D eigenvalue weighted by Gasteiger charge is 2.30. The molecule has 0 saturated carbocycles. The van der Waals surface area contributed by atoms with Gasteiger partial charge in [0.05, 0.1) is 25.0 Å². The molecule has 0 aliphatic carbocycles. The van der Waals surface area contributed by atoms with Crippen molar-refractivity contribution in [2.24, 2.45) is 0 Å². The third-order valence-electron chi connectivity index (χ3n) is 4.04. The molecule has 0 N–H and O–H groups in total. The molecule has 0 radical (unpaired) electrons. The van der Waals surface area contributed by atoms with Crippen LogP contribution in [0, 0.1) is 0 Å². The van der Waals surface area contributed by atoms with Crippen LogP contribution >= 0.6 is 11.8 Å². The van der Waals surface area contributed by atoms with Gasteiger partial charge in [0.2, 0.25) is 0 Å². The average molecular weight is 356 g/mol. The molecular formula is C20H24N2O2S. The van der Waals surface area contributed by atoms with Crippen molar-refractivity contribution in [1.82, 2.24) is 9.97 Å². The van der Waals surface area contributed by atoms with E-state index in [1.54, 1.807) is 18.9 Å². The second kappa shape index (κ2) is 7.18. The van der Waals surface area contributed by atoms with E-state index in [2.05, 4.69) is 20.4 Å². The Balaban J connectivity index is 2.06. The lowest BCUT2D eigenvalue weighted by Crippen LogP contribution is -2.33. The van der Waals surface area contributed by atoms with Gasteiger partial charge < -0.3 is 9.47 Å². The van der Waals surface area contributed by atoms with Crippen LogP contribution in [0.3, 0.4) is 0 Å². The standard InChI is InChI=1S/C20H24N2O2S/c1-13(2)12-25-19-16-11-24-20(3,4)10-17(16)21-18(22-19)14-7-6-8-15(9-14)23-5/h6-9H,1,10-12H2,2-5H3. The minimum Gasteiger partial charge on any atom is -0.497 e. The van der Waals surface area contributed by atoms with Gasteiger partial charge in [-0.1, -0.05) is 24.3 Å². The lowest BCUT2D eigenvalue weighted by atomic mass is 9.96. The van der Waals surface area contributed by atoms with Crippen LogP contribution in [0.25, 0.3) is 11.4 Å². The molecule has 3 rings (SSSR count). The first-order valence-corrected chi connectivity index (χ1v) is 9.32. The number of hydrogen-bond acceptors (Lipinski definition) is 5. The van der Waals surface area contributed by atoms with Gasteiger partial charge in [-0.2, -0.15) is 0 Å². The predicted octanol–water partition coefficient (Wildman–Crippen LogP) is 4.67. The molecule has 2 heterocycles. The second-order valence-corrected chi connectivity index (χ2v) is 7.94. The lowest BCUT2D eigenvalue weighted by Gasteiger charge is -2.32. The zero-order valence-electron chi connectivity index (χ0n) is 15.3. The van der Waals surface area contributed by atoms with Crippen molar-refractivity contribution in [2.45, 2.75) is 44.4 Å². The van der Waals surface area contributed by atoms with Crippen LogP contribution in [0.1, 0.15) is 32.0 Å². The quantitative estimate of drug-likeness (QED) is 0.442. The van der Waals surface area contributed by atoms with Gasteiger partial charge in [0.1, 0.15) is 10.8 Å². The summed E-state index contributed by atoms with van der Waals surface area (Å²) in [7, 11) is 1.67. The first-order chi connectivity index (χ1) is 11.9. The van der Waals surface area contributed by atoms with E-state index in [9.17, 15) is 0 Å². The summed E-state index contributed by atoms with van der Waals surface area (Å²) in [5.41, 5.74) is 4.06. The summed E-state index contributed by atoms with van der Waals surface area (Å²) >= 11 is 1.70. The normalized spacial score (nSPS) is 15.5. The fourth-order valence-corrected chi connectivity index (χ4v) is 3.61. The van der Waals surface area contributed by atoms with Crippen molar-refractivity contribution in [3.63, 3.8) is 0 Å². The maximum absolute atomic E-state index is 5.99. The first-order valence-electron chi connectivity index (χ1n) is 8.33. The van der Waals surface area contributed by atoms with E-state index in [4.69, 9.17) is 19.4 Å². The average Bonchev–Trinajstić information content (AvgIpc) is 2.58. The Hall–Kier alpha value is -1.85. The summed E-state index contributed by atoms with van der Waals surface area (Å²) in [6.07, 6.45) is 0.780. The zero-order valence-corrected chi connectivity index (χ0v) is 16.1. The van der Waals surface area contributed by atoms with Gasteiger partial charge in [0.15, 0.2) is 5.82 Å². The Morgan fingerprint density at radius 3 is 2.88 bits per heavy atom. The summed E-state index contributed by atoms with van der Waals surface area (Å²) in [6, 6.07) is 7.88. The molecular weight excluding hydrogens is 332 g/mol. The summed E-state index contributed by atoms with van der Waals surface area (Å²) in [5, 5.41) is 0.987. The van der Waals surface area contributed by atoms with Gasteiger partial charge in [-0.25, -0.2) is 9.97 Å².